The van der Waals surface area contributed by atoms with Crippen LogP contribution in [0.3, 0.4) is 0 Å². The van der Waals surface area contributed by atoms with Crippen molar-refractivity contribution in [1.82, 2.24) is 9.78 Å². The number of aryl methyl sites for hydroxylation is 2. The molecule has 0 aliphatic heterocycles. The summed E-state index contributed by atoms with van der Waals surface area (Å²) < 4.78 is 6.54. The van der Waals surface area contributed by atoms with E-state index in [9.17, 15) is 4.79 Å². The van der Waals surface area contributed by atoms with Gasteiger partial charge in [0.25, 0.3) is 0 Å². The van der Waals surface area contributed by atoms with Crippen molar-refractivity contribution >= 4 is 5.78 Å². The van der Waals surface area contributed by atoms with Gasteiger partial charge in [0.1, 0.15) is 0 Å². The molecule has 0 amide bonds. The standard InChI is InChI=1S/C10H17N3O2/c1-13-6-8(5-12-13)3-4-10(14)9(11)7-15-2/h5-6,9H,3-4,7,11H2,1-2H3. The highest BCUT2D eigenvalue weighted by Crippen LogP contribution is 2.02. The lowest BCUT2D eigenvalue weighted by atomic mass is 10.1. The number of carbonyl (C=O) groups is 1. The van der Waals surface area contributed by atoms with Gasteiger partial charge in [-0.05, 0) is 12.0 Å². The highest BCUT2D eigenvalue weighted by atomic mass is 16.5. The van der Waals surface area contributed by atoms with Crippen LogP contribution in [0.15, 0.2) is 12.4 Å². The van der Waals surface area contributed by atoms with E-state index in [2.05, 4.69) is 5.10 Å². The molecule has 0 aromatic carbocycles. The molecule has 84 valence electrons. The summed E-state index contributed by atoms with van der Waals surface area (Å²) in [5.74, 6) is 0.0284. The van der Waals surface area contributed by atoms with Crippen molar-refractivity contribution in [3.05, 3.63) is 18.0 Å². The summed E-state index contributed by atoms with van der Waals surface area (Å²) in [6.45, 7) is 0.284. The first-order valence-corrected chi connectivity index (χ1v) is 4.88. The smallest absolute Gasteiger partial charge is 0.152 e. The first-order chi connectivity index (χ1) is 7.13. The molecule has 0 saturated heterocycles. The zero-order valence-corrected chi connectivity index (χ0v) is 9.14. The van der Waals surface area contributed by atoms with Gasteiger partial charge < -0.3 is 10.5 Å². The second-order valence-corrected chi connectivity index (χ2v) is 3.55. The van der Waals surface area contributed by atoms with E-state index in [-0.39, 0.29) is 12.4 Å². The minimum atomic E-state index is -0.508. The molecule has 15 heavy (non-hydrogen) atoms. The Morgan fingerprint density at radius 1 is 1.73 bits per heavy atom. The molecular weight excluding hydrogens is 194 g/mol. The molecule has 0 saturated carbocycles. The van der Waals surface area contributed by atoms with Crippen LogP contribution in [-0.2, 0) is 23.0 Å². The van der Waals surface area contributed by atoms with Gasteiger partial charge >= 0.3 is 0 Å². The maximum Gasteiger partial charge on any atom is 0.152 e. The van der Waals surface area contributed by atoms with Crippen LogP contribution >= 0.6 is 0 Å². The number of aromatic nitrogens is 2. The first kappa shape index (κ1) is 11.9. The van der Waals surface area contributed by atoms with E-state index < -0.39 is 6.04 Å². The molecule has 1 aromatic rings. The number of nitrogens with two attached hydrogens (primary N) is 1. The van der Waals surface area contributed by atoms with Crippen LogP contribution in [0.5, 0.6) is 0 Å². The van der Waals surface area contributed by atoms with Crippen molar-refractivity contribution < 1.29 is 9.53 Å². The predicted octanol–water partition coefficient (Wildman–Crippen LogP) is -0.104. The normalized spacial score (nSPS) is 12.7. The fraction of sp³-hybridized carbons (Fsp3) is 0.600. The number of carbonyl (C=O) groups excluding carboxylic acids is 1. The molecule has 1 aromatic heterocycles. The predicted molar refractivity (Wildman–Crippen MR) is 56.4 cm³/mol. The lowest BCUT2D eigenvalue weighted by Gasteiger charge is -2.08. The molecule has 0 radical (unpaired) electrons. The summed E-state index contributed by atoms with van der Waals surface area (Å²) in [6, 6.07) is -0.508. The Balaban J connectivity index is 2.34. The van der Waals surface area contributed by atoms with Crippen molar-refractivity contribution in [2.24, 2.45) is 12.8 Å². The van der Waals surface area contributed by atoms with Crippen LogP contribution < -0.4 is 5.73 Å². The third kappa shape index (κ3) is 3.81. The largest absolute Gasteiger partial charge is 0.383 e. The van der Waals surface area contributed by atoms with Crippen molar-refractivity contribution in [2.45, 2.75) is 18.9 Å². The average molecular weight is 211 g/mol. The monoisotopic (exact) mass is 211 g/mol. The number of hydrogen-bond donors (Lipinski definition) is 1. The second-order valence-electron chi connectivity index (χ2n) is 3.55. The topological polar surface area (TPSA) is 70.1 Å². The highest BCUT2D eigenvalue weighted by molar-refractivity contribution is 5.84. The fourth-order valence-corrected chi connectivity index (χ4v) is 1.33. The zero-order valence-electron chi connectivity index (χ0n) is 9.14. The van der Waals surface area contributed by atoms with E-state index in [0.29, 0.717) is 12.8 Å². The molecule has 0 bridgehead atoms. The maximum absolute atomic E-state index is 11.5. The highest BCUT2D eigenvalue weighted by Gasteiger charge is 2.12. The minimum absolute atomic E-state index is 0.0284. The van der Waals surface area contributed by atoms with Gasteiger partial charge in [-0.1, -0.05) is 0 Å². The molecule has 1 heterocycles. The Hall–Kier alpha value is -1.20. The zero-order chi connectivity index (χ0) is 11.3. The molecule has 0 aliphatic rings. The van der Waals surface area contributed by atoms with E-state index >= 15 is 0 Å². The van der Waals surface area contributed by atoms with E-state index in [0.717, 1.165) is 5.56 Å². The third-order valence-electron chi connectivity index (χ3n) is 2.18. The minimum Gasteiger partial charge on any atom is -0.383 e. The van der Waals surface area contributed by atoms with E-state index in [4.69, 9.17) is 10.5 Å². The van der Waals surface area contributed by atoms with Crippen LogP contribution in [-0.4, -0.2) is 35.3 Å². The molecule has 5 heteroatoms. The average Bonchev–Trinajstić information content (AvgIpc) is 2.61. The number of ether oxygens (including phenoxy) is 1. The van der Waals surface area contributed by atoms with Crippen molar-refractivity contribution in [2.75, 3.05) is 13.7 Å². The quantitative estimate of drug-likeness (QED) is 0.713. The molecule has 1 rings (SSSR count). The van der Waals surface area contributed by atoms with Gasteiger partial charge in [-0.2, -0.15) is 5.10 Å². The van der Waals surface area contributed by atoms with E-state index in [1.165, 1.54) is 7.11 Å². The Kier molecular flexibility index (Phi) is 4.45. The number of nitrogens with zero attached hydrogens (tertiary/aromatic N) is 2. The second kappa shape index (κ2) is 5.63. The first-order valence-electron chi connectivity index (χ1n) is 4.88. The van der Waals surface area contributed by atoms with Gasteiger partial charge in [-0.15, -0.1) is 0 Å². The van der Waals surface area contributed by atoms with E-state index in [1.807, 2.05) is 13.2 Å². The summed E-state index contributed by atoms with van der Waals surface area (Å²) in [7, 11) is 3.39. The number of ketones is 1. The molecule has 1 unspecified atom stereocenters. The van der Waals surface area contributed by atoms with Gasteiger partial charge in [-0.25, -0.2) is 0 Å². The van der Waals surface area contributed by atoms with Gasteiger partial charge in [0.2, 0.25) is 0 Å². The van der Waals surface area contributed by atoms with Crippen molar-refractivity contribution in [3.63, 3.8) is 0 Å². The number of methoxy groups -OCH3 is 1. The molecule has 2 N–H and O–H groups in total. The molecule has 0 spiro atoms. The van der Waals surface area contributed by atoms with Crippen LogP contribution in [0.4, 0.5) is 0 Å². The lowest BCUT2D eigenvalue weighted by Crippen LogP contribution is -2.34. The Morgan fingerprint density at radius 3 is 3.00 bits per heavy atom. The number of hydrogen-bond acceptors (Lipinski definition) is 4. The van der Waals surface area contributed by atoms with Crippen molar-refractivity contribution in [3.8, 4) is 0 Å². The maximum atomic E-state index is 11.5. The lowest BCUT2D eigenvalue weighted by molar-refractivity contribution is -0.121. The number of rotatable bonds is 6. The van der Waals surface area contributed by atoms with E-state index in [1.54, 1.807) is 10.9 Å². The molecule has 1 atom stereocenters. The van der Waals surface area contributed by atoms with Crippen LogP contribution in [0.2, 0.25) is 0 Å². The Labute approximate surface area is 89.2 Å². The molecule has 0 fully saturated rings. The van der Waals surface area contributed by atoms with Crippen LogP contribution in [0.25, 0.3) is 0 Å². The Bertz CT molecular complexity index is 322. The molecular formula is C10H17N3O2. The van der Waals surface area contributed by atoms with Gasteiger partial charge in [0.15, 0.2) is 5.78 Å². The summed E-state index contributed by atoms with van der Waals surface area (Å²) >= 11 is 0. The van der Waals surface area contributed by atoms with Crippen LogP contribution in [0.1, 0.15) is 12.0 Å². The summed E-state index contributed by atoms with van der Waals surface area (Å²) in [5, 5.41) is 4.03. The summed E-state index contributed by atoms with van der Waals surface area (Å²) in [4.78, 5) is 11.5. The van der Waals surface area contributed by atoms with Gasteiger partial charge in [-0.3, -0.25) is 9.48 Å². The fourth-order valence-electron chi connectivity index (χ4n) is 1.33. The Morgan fingerprint density at radius 2 is 2.47 bits per heavy atom. The summed E-state index contributed by atoms with van der Waals surface area (Å²) in [6.07, 6.45) is 4.78. The molecule has 5 nitrogen and oxygen atoms in total. The number of Topliss-reactive ketones (excluding diaryl/α,β-unsaturated/α-hetero) is 1. The van der Waals surface area contributed by atoms with Crippen LogP contribution in [0, 0.1) is 0 Å². The summed E-state index contributed by atoms with van der Waals surface area (Å²) in [5.41, 5.74) is 6.65. The third-order valence-corrected chi connectivity index (χ3v) is 2.18. The SMILES string of the molecule is COCC(N)C(=O)CCc1cnn(C)c1. The molecule has 0 aliphatic carbocycles. The van der Waals surface area contributed by atoms with Gasteiger partial charge in [0, 0.05) is 26.8 Å². The van der Waals surface area contributed by atoms with Gasteiger partial charge in [0.05, 0.1) is 18.8 Å². The van der Waals surface area contributed by atoms with Crippen molar-refractivity contribution in [1.29, 1.82) is 0 Å².